The summed E-state index contributed by atoms with van der Waals surface area (Å²) >= 11 is 0. The summed E-state index contributed by atoms with van der Waals surface area (Å²) in [5, 5.41) is 37.7. The third-order valence-corrected chi connectivity index (χ3v) is 19.1. The second-order valence-electron chi connectivity index (χ2n) is 26.1. The van der Waals surface area contributed by atoms with Gasteiger partial charge in [-0.25, -0.2) is 9.59 Å². The van der Waals surface area contributed by atoms with Gasteiger partial charge in [0.25, 0.3) is 0 Å². The van der Waals surface area contributed by atoms with E-state index in [4.69, 9.17) is 15.2 Å². The van der Waals surface area contributed by atoms with Crippen LogP contribution in [0.1, 0.15) is 176 Å². The van der Waals surface area contributed by atoms with Crippen LogP contribution in [0.4, 0.5) is 0 Å². The molecular weight excluding hydrogens is 1210 g/mol. The van der Waals surface area contributed by atoms with Crippen molar-refractivity contribution in [2.45, 2.75) is 208 Å². The average Bonchev–Trinajstić information content (AvgIpc) is 1.58. The van der Waals surface area contributed by atoms with E-state index in [9.17, 15) is 72.5 Å². The molecule has 2 unspecified atom stereocenters. The van der Waals surface area contributed by atoms with Crippen LogP contribution in [0.3, 0.4) is 0 Å². The Balaban J connectivity index is 1.51. The number of nitrogens with one attached hydrogen (secondary N) is 6. The van der Waals surface area contributed by atoms with Crippen molar-refractivity contribution in [1.82, 2.24) is 31.9 Å². The lowest BCUT2D eigenvalue weighted by atomic mass is 9.83. The topological polar surface area (TPSA) is 379 Å². The van der Waals surface area contributed by atoms with Crippen molar-refractivity contribution in [2.75, 3.05) is 19.8 Å². The highest BCUT2D eigenvalue weighted by Crippen LogP contribution is 2.47. The van der Waals surface area contributed by atoms with E-state index in [1.807, 2.05) is 44.2 Å². The maximum atomic E-state index is 14.6. The number of Topliss-reactive ketones (excluding diaryl/α,β-unsaturated/α-hetero) is 4. The minimum absolute atomic E-state index is 0.0866. The molecular formula is C70H103N7O17. The largest absolute Gasteiger partial charge is 0.462 e. The number of esters is 2. The molecule has 1 spiro atoms. The normalized spacial score (nSPS) is 22.7. The molecule has 0 radical (unpaired) electrons. The van der Waals surface area contributed by atoms with Crippen LogP contribution in [0.5, 0.6) is 0 Å². The Kier molecular flexibility index (Phi) is 31.8. The molecule has 24 nitrogen and oxygen atoms in total. The number of aliphatic hydroxyl groups excluding tert-OH is 2. The number of primary amides is 1. The number of ether oxygens (including phenoxy) is 2. The minimum atomic E-state index is -1.63. The van der Waals surface area contributed by atoms with Gasteiger partial charge < -0.3 is 57.3 Å². The minimum Gasteiger partial charge on any atom is -0.462 e. The van der Waals surface area contributed by atoms with Crippen molar-refractivity contribution in [3.63, 3.8) is 0 Å². The van der Waals surface area contributed by atoms with E-state index in [1.165, 1.54) is 13.8 Å². The molecule has 17 atom stereocenters. The maximum absolute atomic E-state index is 14.6. The Morgan fingerprint density at radius 3 is 1.74 bits per heavy atom. The molecule has 0 aromatic heterocycles. The van der Waals surface area contributed by atoms with E-state index in [-0.39, 0.29) is 44.1 Å². The number of nitrogens with two attached hydrogens (primary N) is 1. The second-order valence-corrected chi connectivity index (χ2v) is 26.1. The number of amides is 7. The highest BCUT2D eigenvalue weighted by molar-refractivity contribution is 6.01. The van der Waals surface area contributed by atoms with Gasteiger partial charge in [-0.15, -0.1) is 0 Å². The Morgan fingerprint density at radius 1 is 0.670 bits per heavy atom. The number of carbonyl (C=O) groups excluding carboxylic acids is 13. The summed E-state index contributed by atoms with van der Waals surface area (Å²) in [4.78, 5) is 181. The maximum Gasteiger partial charge on any atom is 0.338 e. The third-order valence-electron chi connectivity index (χ3n) is 19.1. The van der Waals surface area contributed by atoms with Gasteiger partial charge in [0.2, 0.25) is 41.4 Å². The first-order valence-corrected chi connectivity index (χ1v) is 33.5. The van der Waals surface area contributed by atoms with E-state index >= 15 is 0 Å². The molecule has 2 fully saturated rings. The van der Waals surface area contributed by atoms with Gasteiger partial charge in [-0.05, 0) is 86.3 Å². The summed E-state index contributed by atoms with van der Waals surface area (Å²) in [5.41, 5.74) is 5.25. The smallest absolute Gasteiger partial charge is 0.338 e. The fourth-order valence-corrected chi connectivity index (χ4v) is 11.7. The number of hydrogen-bond acceptors (Lipinski definition) is 17. The molecule has 0 bridgehead atoms. The van der Waals surface area contributed by atoms with Crippen molar-refractivity contribution in [2.24, 2.45) is 64.9 Å². The van der Waals surface area contributed by atoms with Gasteiger partial charge in [0.15, 0.2) is 23.1 Å². The van der Waals surface area contributed by atoms with Crippen LogP contribution >= 0.6 is 0 Å². The molecule has 1 saturated carbocycles. The summed E-state index contributed by atoms with van der Waals surface area (Å²) in [6.07, 6.45) is -1.55. The molecule has 7 amide bonds. The zero-order valence-electron chi connectivity index (χ0n) is 56.6. The Labute approximate surface area is 552 Å². The van der Waals surface area contributed by atoms with Crippen LogP contribution in [0, 0.1) is 59.2 Å². The Bertz CT molecular complexity index is 2950. The zero-order chi connectivity index (χ0) is 70.1. The van der Waals surface area contributed by atoms with Gasteiger partial charge in [0.1, 0.15) is 23.7 Å². The highest BCUT2D eigenvalue weighted by Gasteiger charge is 2.62. The fourth-order valence-electron chi connectivity index (χ4n) is 11.7. The summed E-state index contributed by atoms with van der Waals surface area (Å²) in [5.74, 6) is -17.5. The van der Waals surface area contributed by atoms with Gasteiger partial charge in [0.05, 0.1) is 55.3 Å². The molecule has 2 aromatic carbocycles. The predicted octanol–water partition coefficient (Wildman–Crippen LogP) is 4.50. The number of carbonyl (C=O) groups is 13. The lowest BCUT2D eigenvalue weighted by molar-refractivity contribution is -0.157. The Morgan fingerprint density at radius 2 is 1.21 bits per heavy atom. The van der Waals surface area contributed by atoms with Crippen LogP contribution in [-0.2, 0) is 73.4 Å². The van der Waals surface area contributed by atoms with Crippen LogP contribution in [-0.4, -0.2) is 148 Å². The first kappa shape index (κ1) is 78.7. The fraction of sp³-hybridized carbons (Fsp3) is 0.643. The Hall–Kier alpha value is -7.73. The number of aliphatic hydroxyl groups is 2. The first-order valence-electron chi connectivity index (χ1n) is 33.5. The van der Waals surface area contributed by atoms with E-state index in [0.717, 1.165) is 5.56 Å². The van der Waals surface area contributed by atoms with Crippen LogP contribution in [0.25, 0.3) is 0 Å². The average molecular weight is 1310 g/mol. The highest BCUT2D eigenvalue weighted by atomic mass is 16.5. The van der Waals surface area contributed by atoms with Crippen LogP contribution < -0.4 is 37.6 Å². The van der Waals surface area contributed by atoms with E-state index < -0.39 is 205 Å². The van der Waals surface area contributed by atoms with Gasteiger partial charge >= 0.3 is 11.9 Å². The number of hydrogen-bond donors (Lipinski definition) is 9. The quantitative estimate of drug-likeness (QED) is 0.0420. The van der Waals surface area contributed by atoms with Crippen molar-refractivity contribution < 1.29 is 82.0 Å². The molecule has 10 N–H and O–H groups in total. The SMILES string of the molecule is CC[C@H](Cc1ccccc1)C(=O)N[C@H](C(=O)C[C@@H](CO)C(=O)N[C@H](CCC(N)=O)C(=O)C[C@@H](C(=O)N[C@H](C(=O)C[C@@H](CO)C(=O)N[C@H]1C(=O)C[C@@H](C)C(=O)NC2(CC2CCOC(=O)c2ccccc2)C(=O)N[C@@H]([C@@H](C)CC)C(=O)O[C@H]1C)[C@@H](C)CC)[C@@H](C)CC)[C@@H](C)CC. The molecule has 1 aliphatic heterocycles. The zero-order valence-corrected chi connectivity index (χ0v) is 56.6. The summed E-state index contributed by atoms with van der Waals surface area (Å²) in [6, 6.07) is 11.1. The van der Waals surface area contributed by atoms with Gasteiger partial charge in [-0.3, -0.25) is 52.7 Å². The van der Waals surface area contributed by atoms with Crippen molar-refractivity contribution in [3.8, 4) is 0 Å². The monoisotopic (exact) mass is 1310 g/mol. The summed E-state index contributed by atoms with van der Waals surface area (Å²) in [6.45, 7) is 16.8. The molecule has 2 aromatic rings. The molecule has 1 aliphatic carbocycles. The molecule has 94 heavy (non-hydrogen) atoms. The molecule has 4 rings (SSSR count). The third kappa shape index (κ3) is 22.5. The van der Waals surface area contributed by atoms with Crippen molar-refractivity contribution in [3.05, 3.63) is 71.8 Å². The standard InChI is InChI=1S/C70H103N7O17/c1-12-39(6)51(35-53(80)52(27-28-57(71)84)72-64(87)48(37-78)33-55(82)58(40(7)13-2)73-63(86)46(16-5)32-45-23-19-17-20-24-45)66(89)74-59(41(8)14-3)56(83)34-49(38-79)65(88)75-61-44(11)94-68(91)60(42(9)15-4)76-69(92)70(77-62(85)43(10)31-54(61)81)36-50(70)29-30-93-67(90)47-25-21-18-22-26-47/h17-26,39-44,46,48-52,58-61,78-79H,12-16,27-38H2,1-11H3,(H2,71,84)(H,72,87)(H,73,86)(H,74,89)(H,75,88)(H,76,92)(H,77,85)/t39-,40-,41-,42-,43+,44-,46+,48-,49-,50?,51+,52+,58-,59-,60-,61+,70?/m0/s1. The van der Waals surface area contributed by atoms with Crippen LogP contribution in [0.15, 0.2) is 60.7 Å². The van der Waals surface area contributed by atoms with Gasteiger partial charge in [-0.1, -0.05) is 143 Å². The second kappa shape index (κ2) is 38.0. The molecule has 24 heteroatoms. The van der Waals surface area contributed by atoms with E-state index in [1.54, 1.807) is 78.8 Å². The molecule has 1 heterocycles. The molecule has 2 aliphatic rings. The number of cyclic esters (lactones) is 1. The first-order chi connectivity index (χ1) is 44.5. The summed E-state index contributed by atoms with van der Waals surface area (Å²) in [7, 11) is 0. The predicted molar refractivity (Wildman–Crippen MR) is 348 cm³/mol. The van der Waals surface area contributed by atoms with E-state index in [0.29, 0.717) is 44.1 Å². The summed E-state index contributed by atoms with van der Waals surface area (Å²) < 4.78 is 11.3. The van der Waals surface area contributed by atoms with Crippen LogP contribution in [0.2, 0.25) is 0 Å². The van der Waals surface area contributed by atoms with Crippen molar-refractivity contribution in [1.29, 1.82) is 0 Å². The van der Waals surface area contributed by atoms with Crippen molar-refractivity contribution >= 4 is 76.4 Å². The van der Waals surface area contributed by atoms with Gasteiger partial charge in [0, 0.05) is 49.9 Å². The number of rotatable bonds is 37. The molecule has 1 saturated heterocycles. The number of ketones is 4. The lowest BCUT2D eigenvalue weighted by Crippen LogP contribution is -2.57. The lowest BCUT2D eigenvalue weighted by Gasteiger charge is -2.30. The van der Waals surface area contributed by atoms with Gasteiger partial charge in [-0.2, -0.15) is 0 Å². The van der Waals surface area contributed by atoms with E-state index in [2.05, 4.69) is 31.9 Å². The molecule has 520 valence electrons. The number of benzene rings is 2.